The molecule has 0 unspecified atom stereocenters. The molecule has 0 bridgehead atoms. The van der Waals surface area contributed by atoms with E-state index in [2.05, 4.69) is 10.6 Å². The summed E-state index contributed by atoms with van der Waals surface area (Å²) in [6.07, 6.45) is 2.71. The highest BCUT2D eigenvalue weighted by molar-refractivity contribution is 6.61. The van der Waals surface area contributed by atoms with Crippen LogP contribution in [0, 0.1) is 5.82 Å². The summed E-state index contributed by atoms with van der Waals surface area (Å²) in [4.78, 5) is 38.2. The van der Waals surface area contributed by atoms with E-state index in [1.165, 1.54) is 6.07 Å². The Morgan fingerprint density at radius 1 is 1.33 bits per heavy atom. The summed E-state index contributed by atoms with van der Waals surface area (Å²) in [5, 5.41) is 15.3. The molecule has 3 amide bonds. The zero-order valence-corrected chi connectivity index (χ0v) is 17.1. The summed E-state index contributed by atoms with van der Waals surface area (Å²) < 4.78 is 19.6. The van der Waals surface area contributed by atoms with Gasteiger partial charge in [-0.05, 0) is 24.5 Å². The Bertz CT molecular complexity index is 822. The molecule has 0 aliphatic carbocycles. The van der Waals surface area contributed by atoms with Crippen LogP contribution in [-0.4, -0.2) is 60.4 Å². The van der Waals surface area contributed by atoms with Crippen LogP contribution in [0.1, 0.15) is 54.9 Å². The second kappa shape index (κ2) is 10.0. The first kappa shape index (κ1) is 22.2. The fourth-order valence-electron chi connectivity index (χ4n) is 3.69. The molecular weight excluding hydrogens is 392 g/mol. The van der Waals surface area contributed by atoms with E-state index < -0.39 is 18.8 Å². The number of benzene rings is 1. The van der Waals surface area contributed by atoms with E-state index in [-0.39, 0.29) is 48.3 Å². The van der Waals surface area contributed by atoms with Crippen molar-refractivity contribution in [1.82, 2.24) is 15.5 Å². The highest BCUT2D eigenvalue weighted by atomic mass is 19.1. The van der Waals surface area contributed by atoms with Crippen molar-refractivity contribution in [2.24, 2.45) is 0 Å². The lowest BCUT2D eigenvalue weighted by Crippen LogP contribution is -2.40. The molecule has 30 heavy (non-hydrogen) atoms. The molecule has 0 aromatic heterocycles. The third-order valence-electron chi connectivity index (χ3n) is 5.45. The zero-order chi connectivity index (χ0) is 21.7. The van der Waals surface area contributed by atoms with Crippen molar-refractivity contribution in [2.45, 2.75) is 51.7 Å². The number of nitrogens with one attached hydrogen (secondary N) is 2. The average molecular weight is 419 g/mol. The summed E-state index contributed by atoms with van der Waals surface area (Å²) in [5.74, 6) is -1.65. The van der Waals surface area contributed by atoms with Gasteiger partial charge in [0.25, 0.3) is 5.91 Å². The fraction of sp³-hybridized carbons (Fsp3) is 0.550. The van der Waals surface area contributed by atoms with Crippen LogP contribution in [0.2, 0.25) is 0 Å². The van der Waals surface area contributed by atoms with Gasteiger partial charge in [0.15, 0.2) is 0 Å². The molecule has 1 aromatic rings. The molecule has 1 atom stereocenters. The van der Waals surface area contributed by atoms with Crippen LogP contribution in [0.4, 0.5) is 4.39 Å². The lowest BCUT2D eigenvalue weighted by molar-refractivity contribution is -0.132. The van der Waals surface area contributed by atoms with E-state index in [4.69, 9.17) is 4.65 Å². The number of hydrogen-bond donors (Lipinski definition) is 3. The van der Waals surface area contributed by atoms with Crippen LogP contribution in [-0.2, 0) is 20.9 Å². The van der Waals surface area contributed by atoms with Gasteiger partial charge in [-0.1, -0.05) is 19.4 Å². The molecule has 0 spiro atoms. The lowest BCUT2D eigenvalue weighted by Gasteiger charge is -2.17. The molecular formula is C20H27BFN3O5. The van der Waals surface area contributed by atoms with Gasteiger partial charge in [-0.25, -0.2) is 4.39 Å². The molecule has 0 radical (unpaired) electrons. The minimum absolute atomic E-state index is 0.00286. The van der Waals surface area contributed by atoms with E-state index in [1.54, 1.807) is 11.0 Å². The van der Waals surface area contributed by atoms with Crippen molar-refractivity contribution >= 4 is 30.3 Å². The Hall–Kier alpha value is -2.46. The quantitative estimate of drug-likeness (QED) is 0.409. The number of hydrogen-bond acceptors (Lipinski definition) is 5. The SMILES string of the molecule is CCCCNC(=O)CCC(=O)N1CC[C@H](NC(=O)c2ccc3c(c2F)B(O)OC3)C1. The van der Waals surface area contributed by atoms with E-state index >= 15 is 0 Å². The molecule has 10 heteroatoms. The minimum atomic E-state index is -1.37. The Morgan fingerprint density at radius 2 is 2.13 bits per heavy atom. The fourth-order valence-corrected chi connectivity index (χ4v) is 3.69. The maximum atomic E-state index is 14.6. The predicted molar refractivity (Wildman–Crippen MR) is 108 cm³/mol. The van der Waals surface area contributed by atoms with Gasteiger partial charge in [-0.3, -0.25) is 14.4 Å². The largest absolute Gasteiger partial charge is 0.494 e. The molecule has 2 aliphatic rings. The van der Waals surface area contributed by atoms with E-state index in [1.807, 2.05) is 6.92 Å². The molecule has 0 saturated carbocycles. The van der Waals surface area contributed by atoms with Gasteiger partial charge >= 0.3 is 7.12 Å². The molecule has 2 aliphatic heterocycles. The minimum Gasteiger partial charge on any atom is -0.423 e. The first-order valence-electron chi connectivity index (χ1n) is 10.4. The number of halogens is 1. The number of carbonyl (C=O) groups is 3. The molecule has 3 rings (SSSR count). The maximum Gasteiger partial charge on any atom is 0.494 e. The van der Waals surface area contributed by atoms with Gasteiger partial charge in [0.05, 0.1) is 12.2 Å². The highest BCUT2D eigenvalue weighted by Crippen LogP contribution is 2.17. The molecule has 1 fully saturated rings. The van der Waals surface area contributed by atoms with E-state index in [0.717, 1.165) is 12.8 Å². The van der Waals surface area contributed by atoms with Crippen LogP contribution in [0.15, 0.2) is 12.1 Å². The number of fused-ring (bicyclic) bond motifs is 1. The number of amides is 3. The van der Waals surface area contributed by atoms with Gasteiger partial charge in [-0.2, -0.15) is 0 Å². The standard InChI is InChI=1S/C20H27BFN3O5/c1-2-3-9-23-16(26)6-7-17(27)25-10-8-14(11-25)24-20(28)15-5-4-13-12-30-21(29)18(13)19(15)22/h4-5,14,29H,2-3,6-12H2,1H3,(H,23,26)(H,24,28)/t14-/m0/s1. The molecule has 1 aromatic carbocycles. The zero-order valence-electron chi connectivity index (χ0n) is 17.1. The highest BCUT2D eigenvalue weighted by Gasteiger charge is 2.34. The first-order chi connectivity index (χ1) is 14.4. The van der Waals surface area contributed by atoms with Gasteiger partial charge in [0, 0.05) is 44.0 Å². The van der Waals surface area contributed by atoms with Crippen molar-refractivity contribution in [2.75, 3.05) is 19.6 Å². The Kier molecular flexibility index (Phi) is 7.44. The van der Waals surface area contributed by atoms with Gasteiger partial charge in [0.2, 0.25) is 11.8 Å². The molecule has 8 nitrogen and oxygen atoms in total. The first-order valence-corrected chi connectivity index (χ1v) is 10.4. The summed E-state index contributed by atoms with van der Waals surface area (Å²) >= 11 is 0. The average Bonchev–Trinajstić information content (AvgIpc) is 3.34. The van der Waals surface area contributed by atoms with Crippen molar-refractivity contribution in [1.29, 1.82) is 0 Å². The smallest absolute Gasteiger partial charge is 0.423 e. The van der Waals surface area contributed by atoms with Crippen LogP contribution in [0.3, 0.4) is 0 Å². The van der Waals surface area contributed by atoms with Crippen molar-refractivity contribution < 1.29 is 28.5 Å². The summed E-state index contributed by atoms with van der Waals surface area (Å²) in [6, 6.07) is 2.65. The number of nitrogens with zero attached hydrogens (tertiary/aromatic N) is 1. The number of carbonyl (C=O) groups excluding carboxylic acids is 3. The van der Waals surface area contributed by atoms with Crippen LogP contribution >= 0.6 is 0 Å². The van der Waals surface area contributed by atoms with Crippen LogP contribution in [0.5, 0.6) is 0 Å². The molecule has 162 valence electrons. The van der Waals surface area contributed by atoms with Gasteiger partial charge in [-0.15, -0.1) is 0 Å². The normalized spacial score (nSPS) is 17.8. The van der Waals surface area contributed by atoms with Gasteiger partial charge in [0.1, 0.15) is 5.82 Å². The summed E-state index contributed by atoms with van der Waals surface area (Å²) in [6.45, 7) is 3.55. The Morgan fingerprint density at radius 3 is 2.90 bits per heavy atom. The second-order valence-corrected chi connectivity index (χ2v) is 7.67. The Labute approximate surface area is 175 Å². The monoisotopic (exact) mass is 419 g/mol. The van der Waals surface area contributed by atoms with Crippen LogP contribution < -0.4 is 16.1 Å². The molecule has 1 saturated heterocycles. The van der Waals surface area contributed by atoms with E-state index in [9.17, 15) is 23.8 Å². The third-order valence-corrected chi connectivity index (χ3v) is 5.45. The van der Waals surface area contributed by atoms with Crippen LogP contribution in [0.25, 0.3) is 0 Å². The third kappa shape index (κ3) is 5.17. The Balaban J connectivity index is 1.48. The van der Waals surface area contributed by atoms with Crippen molar-refractivity contribution in [3.63, 3.8) is 0 Å². The summed E-state index contributed by atoms with van der Waals surface area (Å²) in [5.41, 5.74) is 0.364. The van der Waals surface area contributed by atoms with E-state index in [0.29, 0.717) is 31.6 Å². The maximum absolute atomic E-state index is 14.6. The molecule has 3 N–H and O–H groups in total. The lowest BCUT2D eigenvalue weighted by atomic mass is 9.78. The summed E-state index contributed by atoms with van der Waals surface area (Å²) in [7, 11) is -1.37. The van der Waals surface area contributed by atoms with Crippen molar-refractivity contribution in [3.05, 3.63) is 29.1 Å². The predicted octanol–water partition coefficient (Wildman–Crippen LogP) is 0.0706. The molecule has 2 heterocycles. The second-order valence-electron chi connectivity index (χ2n) is 7.67. The number of unbranched alkanes of at least 4 members (excludes halogenated alkanes) is 1. The topological polar surface area (TPSA) is 108 Å². The number of rotatable bonds is 8. The van der Waals surface area contributed by atoms with Gasteiger partial charge < -0.3 is 25.2 Å². The van der Waals surface area contributed by atoms with Crippen molar-refractivity contribution in [3.8, 4) is 0 Å². The number of likely N-dealkylation sites (tertiary alicyclic amines) is 1.